The molecule has 1 aromatic heterocycles. The monoisotopic (exact) mass is 281 g/mol. The second kappa shape index (κ2) is 5.51. The summed E-state index contributed by atoms with van der Waals surface area (Å²) in [6, 6.07) is 8.41. The third-order valence-electron chi connectivity index (χ3n) is 2.59. The zero-order chi connectivity index (χ0) is 11.4. The molecule has 0 fully saturated rings. The molecule has 0 radical (unpaired) electrons. The SMILES string of the molecule is CCCOCCn1ccc2c(Br)cccc21. The minimum absolute atomic E-state index is 0.782. The Balaban J connectivity index is 2.10. The molecule has 0 aliphatic carbocycles. The van der Waals surface area contributed by atoms with E-state index in [0.29, 0.717) is 0 Å². The predicted octanol–water partition coefficient (Wildman–Crippen LogP) is 3.83. The van der Waals surface area contributed by atoms with Crippen LogP contribution < -0.4 is 0 Å². The minimum atomic E-state index is 0.782. The van der Waals surface area contributed by atoms with Crippen LogP contribution in [0.25, 0.3) is 10.9 Å². The van der Waals surface area contributed by atoms with Crippen LogP contribution in [-0.4, -0.2) is 17.8 Å². The third-order valence-corrected chi connectivity index (χ3v) is 3.28. The van der Waals surface area contributed by atoms with E-state index in [0.717, 1.165) is 30.7 Å². The third kappa shape index (κ3) is 2.47. The van der Waals surface area contributed by atoms with Gasteiger partial charge in [0.05, 0.1) is 6.61 Å². The van der Waals surface area contributed by atoms with Crippen LogP contribution in [0.5, 0.6) is 0 Å². The summed E-state index contributed by atoms with van der Waals surface area (Å²) < 4.78 is 8.89. The standard InChI is InChI=1S/C13H16BrNO/c1-2-9-16-10-8-15-7-6-11-12(14)4-3-5-13(11)15/h3-7H,2,8-10H2,1H3. The maximum Gasteiger partial charge on any atom is 0.0645 e. The number of halogens is 1. The smallest absolute Gasteiger partial charge is 0.0645 e. The number of fused-ring (bicyclic) bond motifs is 1. The summed E-state index contributed by atoms with van der Waals surface area (Å²) in [5.41, 5.74) is 1.26. The van der Waals surface area contributed by atoms with Crippen LogP contribution in [0.3, 0.4) is 0 Å². The van der Waals surface area contributed by atoms with Gasteiger partial charge in [-0.2, -0.15) is 0 Å². The lowest BCUT2D eigenvalue weighted by atomic mass is 10.2. The van der Waals surface area contributed by atoms with Crippen LogP contribution in [0.4, 0.5) is 0 Å². The molecule has 16 heavy (non-hydrogen) atoms. The summed E-state index contributed by atoms with van der Waals surface area (Å²) in [7, 11) is 0. The van der Waals surface area contributed by atoms with E-state index in [4.69, 9.17) is 4.74 Å². The van der Waals surface area contributed by atoms with Crippen molar-refractivity contribution in [1.82, 2.24) is 4.57 Å². The Labute approximate surface area is 104 Å². The summed E-state index contributed by atoms with van der Waals surface area (Å²) in [4.78, 5) is 0. The molecule has 0 atom stereocenters. The molecule has 0 unspecified atom stereocenters. The molecule has 0 saturated carbocycles. The first-order valence-electron chi connectivity index (χ1n) is 5.64. The molecule has 0 amide bonds. The molecule has 0 aliphatic rings. The van der Waals surface area contributed by atoms with Gasteiger partial charge >= 0.3 is 0 Å². The van der Waals surface area contributed by atoms with Crippen molar-refractivity contribution in [2.75, 3.05) is 13.2 Å². The first-order chi connectivity index (χ1) is 7.83. The summed E-state index contributed by atoms with van der Waals surface area (Å²) in [6.45, 7) is 4.68. The normalized spacial score (nSPS) is 11.1. The summed E-state index contributed by atoms with van der Waals surface area (Å²) in [5.74, 6) is 0. The number of nitrogens with zero attached hydrogens (tertiary/aromatic N) is 1. The van der Waals surface area contributed by atoms with Gasteiger partial charge in [0.1, 0.15) is 0 Å². The van der Waals surface area contributed by atoms with Crippen molar-refractivity contribution in [2.24, 2.45) is 0 Å². The van der Waals surface area contributed by atoms with Gasteiger partial charge in [-0.1, -0.05) is 28.9 Å². The van der Waals surface area contributed by atoms with Gasteiger partial charge in [0.2, 0.25) is 0 Å². The Kier molecular flexibility index (Phi) is 4.02. The summed E-state index contributed by atoms with van der Waals surface area (Å²) in [5, 5.41) is 1.26. The predicted molar refractivity (Wildman–Crippen MR) is 70.7 cm³/mol. The van der Waals surface area contributed by atoms with Crippen molar-refractivity contribution in [3.63, 3.8) is 0 Å². The van der Waals surface area contributed by atoms with Gasteiger partial charge in [-0.25, -0.2) is 0 Å². The highest BCUT2D eigenvalue weighted by Crippen LogP contribution is 2.24. The lowest BCUT2D eigenvalue weighted by Crippen LogP contribution is -2.05. The highest BCUT2D eigenvalue weighted by atomic mass is 79.9. The molecule has 0 N–H and O–H groups in total. The van der Waals surface area contributed by atoms with Crippen LogP contribution in [0.15, 0.2) is 34.9 Å². The number of hydrogen-bond donors (Lipinski definition) is 0. The first kappa shape index (κ1) is 11.7. The Morgan fingerprint density at radius 1 is 1.25 bits per heavy atom. The van der Waals surface area contributed by atoms with Crippen molar-refractivity contribution in [2.45, 2.75) is 19.9 Å². The second-order valence-electron chi connectivity index (χ2n) is 3.79. The van der Waals surface area contributed by atoms with Crippen molar-refractivity contribution in [1.29, 1.82) is 0 Å². The summed E-state index contributed by atoms with van der Waals surface area (Å²) >= 11 is 3.56. The average molecular weight is 282 g/mol. The van der Waals surface area contributed by atoms with Gasteiger partial charge in [-0.3, -0.25) is 0 Å². The van der Waals surface area contributed by atoms with Gasteiger partial charge in [0, 0.05) is 34.7 Å². The molecule has 86 valence electrons. The van der Waals surface area contributed by atoms with Crippen LogP contribution >= 0.6 is 15.9 Å². The van der Waals surface area contributed by atoms with E-state index in [9.17, 15) is 0 Å². The second-order valence-corrected chi connectivity index (χ2v) is 4.65. The Morgan fingerprint density at radius 3 is 2.94 bits per heavy atom. The highest BCUT2D eigenvalue weighted by molar-refractivity contribution is 9.10. The Bertz CT molecular complexity index is 464. The minimum Gasteiger partial charge on any atom is -0.380 e. The van der Waals surface area contributed by atoms with E-state index in [2.05, 4.69) is 57.9 Å². The lowest BCUT2D eigenvalue weighted by Gasteiger charge is -2.06. The molecule has 1 aromatic carbocycles. The van der Waals surface area contributed by atoms with E-state index < -0.39 is 0 Å². The van der Waals surface area contributed by atoms with Crippen molar-refractivity contribution >= 4 is 26.8 Å². The van der Waals surface area contributed by atoms with Gasteiger partial charge in [-0.05, 0) is 24.6 Å². The molecule has 3 heteroatoms. The van der Waals surface area contributed by atoms with Crippen LogP contribution in [0, 0.1) is 0 Å². The van der Waals surface area contributed by atoms with Gasteiger partial charge in [0.15, 0.2) is 0 Å². The number of aromatic nitrogens is 1. The number of ether oxygens (including phenoxy) is 1. The molecule has 2 rings (SSSR count). The summed E-state index contributed by atoms with van der Waals surface area (Å²) in [6.07, 6.45) is 3.20. The average Bonchev–Trinajstić information content (AvgIpc) is 2.70. The fraction of sp³-hybridized carbons (Fsp3) is 0.385. The van der Waals surface area contributed by atoms with E-state index in [1.807, 2.05) is 0 Å². The van der Waals surface area contributed by atoms with E-state index in [-0.39, 0.29) is 0 Å². The van der Waals surface area contributed by atoms with Gasteiger partial charge < -0.3 is 9.30 Å². The lowest BCUT2D eigenvalue weighted by molar-refractivity contribution is 0.127. The molecule has 2 nitrogen and oxygen atoms in total. The largest absolute Gasteiger partial charge is 0.380 e. The fourth-order valence-electron chi connectivity index (χ4n) is 1.79. The van der Waals surface area contributed by atoms with Crippen molar-refractivity contribution in [3.8, 4) is 0 Å². The molecule has 0 aliphatic heterocycles. The van der Waals surface area contributed by atoms with Gasteiger partial charge in [0.25, 0.3) is 0 Å². The van der Waals surface area contributed by atoms with Crippen LogP contribution in [-0.2, 0) is 11.3 Å². The maximum absolute atomic E-state index is 5.50. The first-order valence-corrected chi connectivity index (χ1v) is 6.43. The van der Waals surface area contributed by atoms with Crippen LogP contribution in [0.2, 0.25) is 0 Å². The number of rotatable bonds is 5. The molecule has 2 aromatic rings. The molecule has 1 heterocycles. The number of hydrogen-bond acceptors (Lipinski definition) is 1. The molecular formula is C13H16BrNO. The Morgan fingerprint density at radius 2 is 2.12 bits per heavy atom. The van der Waals surface area contributed by atoms with Gasteiger partial charge in [-0.15, -0.1) is 0 Å². The number of benzene rings is 1. The van der Waals surface area contributed by atoms with E-state index >= 15 is 0 Å². The molecule has 0 bridgehead atoms. The zero-order valence-corrected chi connectivity index (χ0v) is 11.0. The molecule has 0 spiro atoms. The zero-order valence-electron chi connectivity index (χ0n) is 9.45. The fourth-order valence-corrected chi connectivity index (χ4v) is 2.28. The molecular weight excluding hydrogens is 266 g/mol. The maximum atomic E-state index is 5.50. The topological polar surface area (TPSA) is 14.2 Å². The van der Waals surface area contributed by atoms with E-state index in [1.165, 1.54) is 10.9 Å². The molecule has 0 saturated heterocycles. The van der Waals surface area contributed by atoms with E-state index in [1.54, 1.807) is 0 Å². The quantitative estimate of drug-likeness (QED) is 0.760. The van der Waals surface area contributed by atoms with Crippen molar-refractivity contribution < 1.29 is 4.74 Å². The highest BCUT2D eigenvalue weighted by Gasteiger charge is 2.02. The van der Waals surface area contributed by atoms with Crippen molar-refractivity contribution in [3.05, 3.63) is 34.9 Å². The van der Waals surface area contributed by atoms with Crippen LogP contribution in [0.1, 0.15) is 13.3 Å². The Hall–Kier alpha value is -0.800.